The molecule has 15 heavy (non-hydrogen) atoms. The lowest BCUT2D eigenvalue weighted by atomic mass is 9.84. The van der Waals surface area contributed by atoms with E-state index in [9.17, 15) is 4.79 Å². The lowest BCUT2D eigenvalue weighted by molar-refractivity contribution is -0.115. The van der Waals surface area contributed by atoms with Crippen LogP contribution in [0.5, 0.6) is 0 Å². The van der Waals surface area contributed by atoms with Crippen LogP contribution in [0.4, 0.5) is 0 Å². The number of carbonyl (C=O) groups excluding carboxylic acids is 1. The molecule has 0 aromatic rings. The van der Waals surface area contributed by atoms with Gasteiger partial charge in [-0.25, -0.2) is 0 Å². The number of rotatable bonds is 2. The van der Waals surface area contributed by atoms with Crippen LogP contribution in [-0.2, 0) is 4.79 Å². The Morgan fingerprint density at radius 2 is 2.00 bits per heavy atom. The molecule has 2 heteroatoms. The Morgan fingerprint density at radius 3 is 2.73 bits per heavy atom. The van der Waals surface area contributed by atoms with Crippen LogP contribution in [0.15, 0.2) is 0 Å². The zero-order chi connectivity index (χ0) is 10.7. The Hall–Kier alpha value is -0.370. The SMILES string of the molecule is CC1CCCC(N2CCCCC2C=O)C1. The number of nitrogens with zero attached hydrogens (tertiary/aromatic N) is 1. The third kappa shape index (κ3) is 2.60. The first-order valence-corrected chi connectivity index (χ1v) is 6.52. The van der Waals surface area contributed by atoms with Crippen molar-refractivity contribution in [2.75, 3.05) is 6.54 Å². The van der Waals surface area contributed by atoms with E-state index in [1.165, 1.54) is 44.8 Å². The predicted octanol–water partition coefficient (Wildman–Crippen LogP) is 2.62. The summed E-state index contributed by atoms with van der Waals surface area (Å²) in [4.78, 5) is 13.5. The van der Waals surface area contributed by atoms with Gasteiger partial charge in [-0.2, -0.15) is 0 Å². The summed E-state index contributed by atoms with van der Waals surface area (Å²) in [5, 5.41) is 0. The number of hydrogen-bond donors (Lipinski definition) is 0. The molecule has 0 N–H and O–H groups in total. The van der Waals surface area contributed by atoms with E-state index < -0.39 is 0 Å². The van der Waals surface area contributed by atoms with Gasteiger partial charge in [-0.15, -0.1) is 0 Å². The molecule has 0 bridgehead atoms. The average Bonchev–Trinajstić information content (AvgIpc) is 2.29. The molecule has 1 heterocycles. The van der Waals surface area contributed by atoms with Crippen molar-refractivity contribution in [2.45, 2.75) is 64.0 Å². The summed E-state index contributed by atoms with van der Waals surface area (Å²) in [7, 11) is 0. The second kappa shape index (κ2) is 5.11. The fraction of sp³-hybridized carbons (Fsp3) is 0.923. The van der Waals surface area contributed by atoms with Gasteiger partial charge < -0.3 is 4.79 Å². The van der Waals surface area contributed by atoms with Crippen LogP contribution < -0.4 is 0 Å². The minimum atomic E-state index is 0.231. The molecule has 1 aliphatic carbocycles. The van der Waals surface area contributed by atoms with E-state index in [1.807, 2.05) is 0 Å². The normalized spacial score (nSPS) is 38.9. The Labute approximate surface area is 93.0 Å². The maximum atomic E-state index is 11.1. The van der Waals surface area contributed by atoms with Gasteiger partial charge in [-0.3, -0.25) is 4.90 Å². The number of aldehydes is 1. The molecule has 0 radical (unpaired) electrons. The van der Waals surface area contributed by atoms with Crippen molar-refractivity contribution in [3.8, 4) is 0 Å². The summed E-state index contributed by atoms with van der Waals surface area (Å²) in [6, 6.07) is 0.929. The molecule has 0 amide bonds. The van der Waals surface area contributed by atoms with Gasteiger partial charge in [-0.05, 0) is 38.1 Å². The van der Waals surface area contributed by atoms with Gasteiger partial charge in [0.25, 0.3) is 0 Å². The summed E-state index contributed by atoms with van der Waals surface area (Å²) in [6.07, 6.45) is 10.2. The van der Waals surface area contributed by atoms with Gasteiger partial charge in [0.05, 0.1) is 6.04 Å². The fourth-order valence-electron chi connectivity index (χ4n) is 3.28. The molecule has 0 aromatic carbocycles. The Balaban J connectivity index is 1.97. The van der Waals surface area contributed by atoms with Gasteiger partial charge in [0.15, 0.2) is 0 Å². The molecule has 2 rings (SSSR count). The van der Waals surface area contributed by atoms with Crippen molar-refractivity contribution in [3.63, 3.8) is 0 Å². The first-order chi connectivity index (χ1) is 7.31. The molecular formula is C13H23NO. The molecule has 86 valence electrons. The van der Waals surface area contributed by atoms with E-state index in [0.717, 1.165) is 18.9 Å². The molecule has 1 aliphatic heterocycles. The lowest BCUT2D eigenvalue weighted by Crippen LogP contribution is -2.48. The van der Waals surface area contributed by atoms with Crippen molar-refractivity contribution in [2.24, 2.45) is 5.92 Å². The van der Waals surface area contributed by atoms with Crippen LogP contribution >= 0.6 is 0 Å². The Kier molecular flexibility index (Phi) is 3.79. The summed E-state index contributed by atoms with van der Waals surface area (Å²) in [6.45, 7) is 3.51. The van der Waals surface area contributed by atoms with Crippen LogP contribution in [0.1, 0.15) is 51.9 Å². The van der Waals surface area contributed by atoms with Gasteiger partial charge in [0.1, 0.15) is 6.29 Å². The maximum absolute atomic E-state index is 11.1. The zero-order valence-electron chi connectivity index (χ0n) is 9.82. The highest BCUT2D eigenvalue weighted by Gasteiger charge is 2.30. The second-order valence-electron chi connectivity index (χ2n) is 5.36. The summed E-state index contributed by atoms with van der Waals surface area (Å²) < 4.78 is 0. The van der Waals surface area contributed by atoms with Crippen molar-refractivity contribution in [1.29, 1.82) is 0 Å². The van der Waals surface area contributed by atoms with E-state index in [1.54, 1.807) is 0 Å². The number of piperidine rings is 1. The first-order valence-electron chi connectivity index (χ1n) is 6.52. The molecule has 3 atom stereocenters. The van der Waals surface area contributed by atoms with Crippen LogP contribution in [0, 0.1) is 5.92 Å². The van der Waals surface area contributed by atoms with Crippen LogP contribution in [-0.4, -0.2) is 29.8 Å². The van der Waals surface area contributed by atoms with Gasteiger partial charge in [0, 0.05) is 6.04 Å². The number of carbonyl (C=O) groups is 1. The van der Waals surface area contributed by atoms with Crippen molar-refractivity contribution in [3.05, 3.63) is 0 Å². The minimum absolute atomic E-state index is 0.231. The second-order valence-corrected chi connectivity index (χ2v) is 5.36. The van der Waals surface area contributed by atoms with Crippen molar-refractivity contribution >= 4 is 6.29 Å². The van der Waals surface area contributed by atoms with Gasteiger partial charge in [0.2, 0.25) is 0 Å². The average molecular weight is 209 g/mol. The maximum Gasteiger partial charge on any atom is 0.137 e. The third-order valence-corrected chi connectivity index (χ3v) is 4.13. The third-order valence-electron chi connectivity index (χ3n) is 4.13. The number of hydrogen-bond acceptors (Lipinski definition) is 2. The van der Waals surface area contributed by atoms with E-state index in [4.69, 9.17) is 0 Å². The van der Waals surface area contributed by atoms with Crippen LogP contribution in [0.25, 0.3) is 0 Å². The molecule has 1 saturated carbocycles. The molecule has 3 unspecified atom stereocenters. The Morgan fingerprint density at radius 1 is 1.13 bits per heavy atom. The fourth-order valence-corrected chi connectivity index (χ4v) is 3.28. The number of likely N-dealkylation sites (tertiary alicyclic amines) is 1. The zero-order valence-corrected chi connectivity index (χ0v) is 9.82. The molecule has 2 nitrogen and oxygen atoms in total. The topological polar surface area (TPSA) is 20.3 Å². The van der Waals surface area contributed by atoms with Crippen molar-refractivity contribution < 1.29 is 4.79 Å². The van der Waals surface area contributed by atoms with Crippen LogP contribution in [0.3, 0.4) is 0 Å². The lowest BCUT2D eigenvalue weighted by Gasteiger charge is -2.42. The quantitative estimate of drug-likeness (QED) is 0.652. The highest BCUT2D eigenvalue weighted by atomic mass is 16.1. The molecule has 0 spiro atoms. The minimum Gasteiger partial charge on any atom is -0.302 e. The summed E-state index contributed by atoms with van der Waals surface area (Å²) in [5.74, 6) is 0.859. The summed E-state index contributed by atoms with van der Waals surface area (Å²) >= 11 is 0. The Bertz CT molecular complexity index is 217. The highest BCUT2D eigenvalue weighted by Crippen LogP contribution is 2.30. The van der Waals surface area contributed by atoms with E-state index in [0.29, 0.717) is 6.04 Å². The highest BCUT2D eigenvalue weighted by molar-refractivity contribution is 5.57. The molecule has 1 saturated heterocycles. The van der Waals surface area contributed by atoms with E-state index in [2.05, 4.69) is 11.8 Å². The largest absolute Gasteiger partial charge is 0.302 e. The first kappa shape index (κ1) is 11.1. The molecule has 2 aliphatic rings. The molecule has 0 aromatic heterocycles. The summed E-state index contributed by atoms with van der Waals surface area (Å²) in [5.41, 5.74) is 0. The van der Waals surface area contributed by atoms with E-state index >= 15 is 0 Å². The van der Waals surface area contributed by atoms with E-state index in [-0.39, 0.29) is 6.04 Å². The van der Waals surface area contributed by atoms with Crippen molar-refractivity contribution in [1.82, 2.24) is 4.90 Å². The smallest absolute Gasteiger partial charge is 0.137 e. The van der Waals surface area contributed by atoms with Gasteiger partial charge in [-0.1, -0.05) is 26.2 Å². The predicted molar refractivity (Wildman–Crippen MR) is 61.8 cm³/mol. The van der Waals surface area contributed by atoms with Crippen LogP contribution in [0.2, 0.25) is 0 Å². The van der Waals surface area contributed by atoms with Gasteiger partial charge >= 0.3 is 0 Å². The molecular weight excluding hydrogens is 186 g/mol. The molecule has 2 fully saturated rings. The standard InChI is InChI=1S/C13H23NO/c1-11-5-4-7-12(9-11)14-8-3-2-6-13(14)10-15/h10-13H,2-9H2,1H3. The monoisotopic (exact) mass is 209 g/mol.